The number of aryl methyl sites for hydroxylation is 1. The van der Waals surface area contributed by atoms with Crippen LogP contribution in [0.1, 0.15) is 23.6 Å². The Bertz CT molecular complexity index is 623. The van der Waals surface area contributed by atoms with E-state index in [0.29, 0.717) is 0 Å². The first-order valence-electron chi connectivity index (χ1n) is 6.97. The summed E-state index contributed by atoms with van der Waals surface area (Å²) in [5.41, 5.74) is 5.83. The Balaban J connectivity index is 2.15. The number of hydrogen-bond donors (Lipinski definition) is 1. The molecule has 0 saturated heterocycles. The van der Waals surface area contributed by atoms with Crippen molar-refractivity contribution in [1.82, 2.24) is 0 Å². The van der Waals surface area contributed by atoms with Gasteiger partial charge in [0.2, 0.25) is 0 Å². The molecule has 0 atom stereocenters. The van der Waals surface area contributed by atoms with Gasteiger partial charge in [-0.1, -0.05) is 62.1 Å². The molecule has 20 heavy (non-hydrogen) atoms. The summed E-state index contributed by atoms with van der Waals surface area (Å²) in [4.78, 5) is 0. The molecular weight excluding hydrogens is 242 g/mol. The van der Waals surface area contributed by atoms with Crippen molar-refractivity contribution in [2.75, 3.05) is 12.4 Å². The van der Waals surface area contributed by atoms with Crippen LogP contribution in [-0.4, -0.2) is 7.05 Å². The summed E-state index contributed by atoms with van der Waals surface area (Å²) in [5, 5.41) is 3.15. The van der Waals surface area contributed by atoms with Crippen LogP contribution >= 0.6 is 0 Å². The Kier molecular flexibility index (Phi) is 4.78. The number of allylic oxidation sites excluding steroid dienone is 2. The first-order valence-corrected chi connectivity index (χ1v) is 6.97. The molecule has 2 aromatic rings. The third kappa shape index (κ3) is 3.61. The molecule has 0 saturated carbocycles. The number of benzene rings is 2. The highest BCUT2D eigenvalue weighted by molar-refractivity contribution is 5.78. The van der Waals surface area contributed by atoms with E-state index in [1.165, 1.54) is 11.1 Å². The van der Waals surface area contributed by atoms with Crippen LogP contribution in [0.4, 0.5) is 5.69 Å². The van der Waals surface area contributed by atoms with Crippen molar-refractivity contribution in [2.45, 2.75) is 13.3 Å². The van der Waals surface area contributed by atoms with Crippen molar-refractivity contribution in [1.29, 1.82) is 0 Å². The first-order chi connectivity index (χ1) is 9.72. The predicted molar refractivity (Wildman–Crippen MR) is 89.9 cm³/mol. The largest absolute Gasteiger partial charge is 0.388 e. The summed E-state index contributed by atoms with van der Waals surface area (Å²) >= 11 is 0. The molecule has 0 unspecified atom stereocenters. The molecule has 102 valence electrons. The Hall–Kier alpha value is -2.28. The van der Waals surface area contributed by atoms with Gasteiger partial charge in [0.05, 0.1) is 0 Å². The van der Waals surface area contributed by atoms with Gasteiger partial charge in [0.15, 0.2) is 0 Å². The van der Waals surface area contributed by atoms with Crippen LogP contribution in [0.15, 0.2) is 61.2 Å². The molecule has 0 aliphatic carbocycles. The van der Waals surface area contributed by atoms with Crippen molar-refractivity contribution in [3.63, 3.8) is 0 Å². The molecule has 1 heteroatoms. The van der Waals surface area contributed by atoms with Crippen molar-refractivity contribution >= 4 is 17.3 Å². The smallest absolute Gasteiger partial charge is 0.0343 e. The van der Waals surface area contributed by atoms with Crippen LogP contribution in [0.25, 0.3) is 11.6 Å². The first kappa shape index (κ1) is 14.1. The normalized spacial score (nSPS) is 10.7. The maximum absolute atomic E-state index is 4.14. The van der Waals surface area contributed by atoms with Gasteiger partial charge in [0, 0.05) is 12.7 Å². The van der Waals surface area contributed by atoms with Gasteiger partial charge in [0.25, 0.3) is 0 Å². The van der Waals surface area contributed by atoms with E-state index in [1.54, 1.807) is 0 Å². The zero-order valence-electron chi connectivity index (χ0n) is 12.2. The fourth-order valence-corrected chi connectivity index (χ4v) is 2.08. The van der Waals surface area contributed by atoms with Gasteiger partial charge in [0.1, 0.15) is 0 Å². The summed E-state index contributed by atoms with van der Waals surface area (Å²) in [5.74, 6) is 0. The summed E-state index contributed by atoms with van der Waals surface area (Å²) in [7, 11) is 1.92. The van der Waals surface area contributed by atoms with Gasteiger partial charge >= 0.3 is 0 Å². The summed E-state index contributed by atoms with van der Waals surface area (Å²) in [6.45, 7) is 6.32. The Morgan fingerprint density at radius 2 is 1.95 bits per heavy atom. The van der Waals surface area contributed by atoms with Crippen LogP contribution < -0.4 is 5.32 Å². The van der Waals surface area contributed by atoms with E-state index >= 15 is 0 Å². The lowest BCUT2D eigenvalue weighted by molar-refractivity contribution is 1.14. The zero-order chi connectivity index (χ0) is 14.4. The van der Waals surface area contributed by atoms with Gasteiger partial charge in [-0.15, -0.1) is 0 Å². The highest BCUT2D eigenvalue weighted by atomic mass is 14.8. The zero-order valence-corrected chi connectivity index (χ0v) is 12.2. The molecule has 1 nitrogen and oxygen atoms in total. The Morgan fingerprint density at radius 3 is 2.70 bits per heavy atom. The van der Waals surface area contributed by atoms with Crippen LogP contribution in [0.3, 0.4) is 0 Å². The van der Waals surface area contributed by atoms with Crippen LogP contribution in [0.2, 0.25) is 0 Å². The van der Waals surface area contributed by atoms with Crippen molar-refractivity contribution in [2.24, 2.45) is 0 Å². The quantitative estimate of drug-likeness (QED) is 0.747. The number of rotatable bonds is 5. The topological polar surface area (TPSA) is 12.0 Å². The van der Waals surface area contributed by atoms with Crippen molar-refractivity contribution < 1.29 is 0 Å². The number of anilines is 1. The van der Waals surface area contributed by atoms with Crippen LogP contribution in [-0.2, 0) is 6.42 Å². The predicted octanol–water partition coefficient (Wildman–Crippen LogP) is 5.02. The van der Waals surface area contributed by atoms with Crippen LogP contribution in [0.5, 0.6) is 0 Å². The molecular formula is C19H21N. The second-order valence-corrected chi connectivity index (χ2v) is 4.79. The minimum Gasteiger partial charge on any atom is -0.388 e. The van der Waals surface area contributed by atoms with Gasteiger partial charge in [-0.2, -0.15) is 0 Å². The maximum atomic E-state index is 4.14. The fraction of sp³-hybridized carbons (Fsp3) is 0.158. The Labute approximate surface area is 121 Å². The van der Waals surface area contributed by atoms with E-state index in [-0.39, 0.29) is 0 Å². The lowest BCUT2D eigenvalue weighted by Gasteiger charge is -2.05. The second kappa shape index (κ2) is 6.76. The molecule has 0 spiro atoms. The van der Waals surface area contributed by atoms with E-state index in [1.807, 2.05) is 19.2 Å². The third-order valence-corrected chi connectivity index (χ3v) is 3.36. The average molecular weight is 263 g/mol. The third-order valence-electron chi connectivity index (χ3n) is 3.36. The standard InChI is InChI=1S/C19H21N/c1-4-16-7-5-8-17(13-16)12-11-15(2)18-9-6-10-19(14-18)20-3/h5-14,20H,2,4H2,1,3H3/b12-11+. The minimum absolute atomic E-state index is 1.02. The lowest BCUT2D eigenvalue weighted by atomic mass is 10.0. The summed E-state index contributed by atoms with van der Waals surface area (Å²) in [6, 6.07) is 16.9. The molecule has 0 radical (unpaired) electrons. The molecule has 0 aromatic heterocycles. The molecule has 1 N–H and O–H groups in total. The molecule has 2 aromatic carbocycles. The second-order valence-electron chi connectivity index (χ2n) is 4.79. The van der Waals surface area contributed by atoms with E-state index in [9.17, 15) is 0 Å². The van der Waals surface area contributed by atoms with Crippen molar-refractivity contribution in [3.05, 3.63) is 77.9 Å². The van der Waals surface area contributed by atoms with E-state index in [4.69, 9.17) is 0 Å². The lowest BCUT2D eigenvalue weighted by Crippen LogP contribution is -1.88. The molecule has 0 aliphatic heterocycles. The van der Waals surface area contributed by atoms with Crippen molar-refractivity contribution in [3.8, 4) is 0 Å². The van der Waals surface area contributed by atoms with Gasteiger partial charge in [-0.25, -0.2) is 0 Å². The average Bonchev–Trinajstić information content (AvgIpc) is 2.52. The highest BCUT2D eigenvalue weighted by Gasteiger charge is 1.97. The van der Waals surface area contributed by atoms with E-state index < -0.39 is 0 Å². The Morgan fingerprint density at radius 1 is 1.15 bits per heavy atom. The monoisotopic (exact) mass is 263 g/mol. The molecule has 2 rings (SSSR count). The number of nitrogens with one attached hydrogen (secondary N) is 1. The summed E-state index contributed by atoms with van der Waals surface area (Å²) < 4.78 is 0. The van der Waals surface area contributed by atoms with Gasteiger partial charge < -0.3 is 5.32 Å². The SMILES string of the molecule is C=C(/C=C/c1cccc(CC)c1)c1cccc(NC)c1. The van der Waals surface area contributed by atoms with Gasteiger partial charge in [-0.05, 0) is 40.8 Å². The van der Waals surface area contributed by atoms with E-state index in [0.717, 1.165) is 23.2 Å². The fourth-order valence-electron chi connectivity index (χ4n) is 2.08. The minimum atomic E-state index is 1.02. The van der Waals surface area contributed by atoms with Gasteiger partial charge in [-0.3, -0.25) is 0 Å². The molecule has 0 amide bonds. The van der Waals surface area contributed by atoms with Crippen LogP contribution in [0, 0.1) is 0 Å². The molecule has 0 aliphatic rings. The molecule has 0 heterocycles. The molecule has 0 fully saturated rings. The number of hydrogen-bond acceptors (Lipinski definition) is 1. The highest BCUT2D eigenvalue weighted by Crippen LogP contribution is 2.19. The maximum Gasteiger partial charge on any atom is 0.0343 e. The summed E-state index contributed by atoms with van der Waals surface area (Å²) in [6.07, 6.45) is 5.25. The van der Waals surface area contributed by atoms with E-state index in [2.05, 4.69) is 67.4 Å². The molecule has 0 bridgehead atoms.